The topological polar surface area (TPSA) is 78.7 Å². The van der Waals surface area contributed by atoms with Crippen molar-refractivity contribution in [1.29, 1.82) is 0 Å². The second-order valence-electron chi connectivity index (χ2n) is 10.3. The number of rotatable bonds is 14. The summed E-state index contributed by atoms with van der Waals surface area (Å²) in [5, 5.41) is 1.03. The molecule has 9 heteroatoms. The summed E-state index contributed by atoms with van der Waals surface area (Å²) in [4.78, 5) is 2.31. The molecule has 0 radical (unpaired) electrons. The number of benzene rings is 3. The number of aromatic nitrogens is 1. The molecule has 1 heterocycles. The van der Waals surface area contributed by atoms with E-state index < -0.39 is 6.36 Å². The molecule has 220 valence electrons. The van der Waals surface area contributed by atoms with Gasteiger partial charge in [-0.05, 0) is 104 Å². The lowest BCUT2D eigenvalue weighted by atomic mass is 9.98. The Kier molecular flexibility index (Phi) is 10.3. The number of hydrogen-bond acceptors (Lipinski definition) is 5. The number of ether oxygens (including phenoxy) is 2. The summed E-state index contributed by atoms with van der Waals surface area (Å²) in [6.07, 6.45) is 1.26. The van der Waals surface area contributed by atoms with Crippen LogP contribution in [0.25, 0.3) is 22.0 Å². The van der Waals surface area contributed by atoms with E-state index in [0.717, 1.165) is 78.7 Å². The largest absolute Gasteiger partial charge is 0.573 e. The van der Waals surface area contributed by atoms with Crippen molar-refractivity contribution in [2.75, 3.05) is 27.2 Å². The number of fused-ring (bicyclic) bond motifs is 1. The minimum Gasteiger partial charge on any atom is -0.497 e. The fraction of sp³-hybridized carbons (Fsp3) is 0.375. The van der Waals surface area contributed by atoms with Crippen molar-refractivity contribution in [2.45, 2.75) is 51.7 Å². The van der Waals surface area contributed by atoms with Gasteiger partial charge in [-0.3, -0.25) is 0 Å². The van der Waals surface area contributed by atoms with Crippen molar-refractivity contribution >= 4 is 10.9 Å². The number of nitrogens with two attached hydrogens (primary N) is 2. The molecule has 4 rings (SSSR count). The van der Waals surface area contributed by atoms with Gasteiger partial charge < -0.3 is 30.4 Å². The summed E-state index contributed by atoms with van der Waals surface area (Å²) < 4.78 is 50.0. The Labute approximate surface area is 239 Å². The molecular weight excluding hydrogens is 529 g/mol. The SMILES string of the molecule is COc1cccc(CCCCN(C)Cc2ccc3c(c2)c(-c2ccc(OC(F)(F)F)cc2CN)cn3CCCN)c1. The van der Waals surface area contributed by atoms with Gasteiger partial charge in [0.2, 0.25) is 0 Å². The Morgan fingerprint density at radius 3 is 2.44 bits per heavy atom. The van der Waals surface area contributed by atoms with E-state index in [1.165, 1.54) is 17.7 Å². The third-order valence-electron chi connectivity index (χ3n) is 7.21. The predicted octanol–water partition coefficient (Wildman–Crippen LogP) is 6.48. The van der Waals surface area contributed by atoms with Crippen molar-refractivity contribution < 1.29 is 22.6 Å². The molecule has 0 aliphatic carbocycles. The van der Waals surface area contributed by atoms with E-state index in [0.29, 0.717) is 12.1 Å². The van der Waals surface area contributed by atoms with Crippen LogP contribution in [0.15, 0.2) is 66.9 Å². The molecule has 1 aromatic heterocycles. The lowest BCUT2D eigenvalue weighted by molar-refractivity contribution is -0.274. The van der Waals surface area contributed by atoms with E-state index in [1.807, 2.05) is 18.3 Å². The van der Waals surface area contributed by atoms with Crippen LogP contribution in [0.2, 0.25) is 0 Å². The fourth-order valence-electron chi connectivity index (χ4n) is 5.23. The summed E-state index contributed by atoms with van der Waals surface area (Å²) in [6, 6.07) is 19.0. The van der Waals surface area contributed by atoms with Gasteiger partial charge >= 0.3 is 6.36 Å². The van der Waals surface area contributed by atoms with Crippen LogP contribution in [-0.2, 0) is 26.1 Å². The van der Waals surface area contributed by atoms with Gasteiger partial charge in [0.15, 0.2) is 0 Å². The van der Waals surface area contributed by atoms with E-state index in [9.17, 15) is 13.2 Å². The zero-order chi connectivity index (χ0) is 29.4. The molecule has 3 aromatic carbocycles. The van der Waals surface area contributed by atoms with Gasteiger partial charge in [0.1, 0.15) is 11.5 Å². The van der Waals surface area contributed by atoms with Crippen LogP contribution >= 0.6 is 0 Å². The molecule has 4 aromatic rings. The average molecular weight is 569 g/mol. The maximum absolute atomic E-state index is 12.8. The second-order valence-corrected chi connectivity index (χ2v) is 10.3. The molecule has 4 N–H and O–H groups in total. The number of halogens is 3. The number of aryl methyl sites for hydroxylation is 2. The lowest BCUT2D eigenvalue weighted by Gasteiger charge is -2.17. The number of nitrogens with zero attached hydrogens (tertiary/aromatic N) is 2. The highest BCUT2D eigenvalue weighted by Crippen LogP contribution is 2.36. The van der Waals surface area contributed by atoms with Gasteiger partial charge in [-0.2, -0.15) is 0 Å². The van der Waals surface area contributed by atoms with Gasteiger partial charge in [-0.1, -0.05) is 24.3 Å². The molecule has 0 saturated heterocycles. The quantitative estimate of drug-likeness (QED) is 0.170. The highest BCUT2D eigenvalue weighted by Gasteiger charge is 2.31. The summed E-state index contributed by atoms with van der Waals surface area (Å²) in [7, 11) is 3.80. The minimum absolute atomic E-state index is 0.0814. The molecule has 0 aliphatic heterocycles. The Bertz CT molecular complexity index is 1430. The molecule has 0 unspecified atom stereocenters. The van der Waals surface area contributed by atoms with E-state index in [2.05, 4.69) is 51.6 Å². The standard InChI is InChI=1S/C32H39F3N4O2/c1-38(15-4-3-7-23-8-5-9-26(17-23)40-2)21-24-10-13-31-29(18-24)30(22-39(31)16-6-14-36)28-12-11-27(19-25(28)20-37)41-32(33,34)35/h5,8-13,17-19,22H,3-4,6-7,14-16,20-21,36-37H2,1-2H3. The van der Waals surface area contributed by atoms with Crippen molar-refractivity contribution in [3.63, 3.8) is 0 Å². The Morgan fingerprint density at radius 2 is 1.71 bits per heavy atom. The molecular formula is C32H39F3N4O2. The lowest BCUT2D eigenvalue weighted by Crippen LogP contribution is -2.19. The molecule has 41 heavy (non-hydrogen) atoms. The first-order valence-corrected chi connectivity index (χ1v) is 13.9. The van der Waals surface area contributed by atoms with Crippen molar-refractivity contribution in [3.05, 3.63) is 83.6 Å². The maximum atomic E-state index is 12.8. The molecule has 0 bridgehead atoms. The van der Waals surface area contributed by atoms with Crippen molar-refractivity contribution in [1.82, 2.24) is 9.47 Å². The first-order chi connectivity index (χ1) is 19.7. The summed E-state index contributed by atoms with van der Waals surface area (Å²) in [5.74, 6) is 0.609. The molecule has 0 aliphatic rings. The van der Waals surface area contributed by atoms with Crippen LogP contribution < -0.4 is 20.9 Å². The highest BCUT2D eigenvalue weighted by molar-refractivity contribution is 5.97. The summed E-state index contributed by atoms with van der Waals surface area (Å²) in [5.41, 5.74) is 17.6. The first-order valence-electron chi connectivity index (χ1n) is 13.9. The van der Waals surface area contributed by atoms with Gasteiger partial charge in [0.05, 0.1) is 7.11 Å². The smallest absolute Gasteiger partial charge is 0.497 e. The Morgan fingerprint density at radius 1 is 0.878 bits per heavy atom. The average Bonchev–Trinajstić information content (AvgIpc) is 3.30. The van der Waals surface area contributed by atoms with E-state index >= 15 is 0 Å². The van der Waals surface area contributed by atoms with Gasteiger partial charge in [0, 0.05) is 42.3 Å². The van der Waals surface area contributed by atoms with E-state index in [1.54, 1.807) is 13.2 Å². The van der Waals surface area contributed by atoms with Crippen LogP contribution in [0.5, 0.6) is 11.5 Å². The molecule has 6 nitrogen and oxygen atoms in total. The number of alkyl halides is 3. The molecule has 0 saturated carbocycles. The fourth-order valence-corrected chi connectivity index (χ4v) is 5.23. The molecule has 0 fully saturated rings. The van der Waals surface area contributed by atoms with Gasteiger partial charge in [-0.15, -0.1) is 13.2 Å². The zero-order valence-corrected chi connectivity index (χ0v) is 23.7. The minimum atomic E-state index is -4.76. The Hall–Kier alpha value is -3.53. The van der Waals surface area contributed by atoms with Crippen LogP contribution in [0.1, 0.15) is 36.0 Å². The van der Waals surface area contributed by atoms with Crippen LogP contribution in [0, 0.1) is 0 Å². The normalized spacial score (nSPS) is 11.9. The third kappa shape index (κ3) is 8.25. The highest BCUT2D eigenvalue weighted by atomic mass is 19.4. The van der Waals surface area contributed by atoms with Gasteiger partial charge in [-0.25, -0.2) is 0 Å². The predicted molar refractivity (Wildman–Crippen MR) is 158 cm³/mol. The van der Waals surface area contributed by atoms with Crippen molar-refractivity contribution in [2.24, 2.45) is 11.5 Å². The van der Waals surface area contributed by atoms with Crippen molar-refractivity contribution in [3.8, 4) is 22.6 Å². The molecule has 0 spiro atoms. The number of hydrogen-bond donors (Lipinski definition) is 2. The summed E-state index contributed by atoms with van der Waals surface area (Å²) >= 11 is 0. The zero-order valence-electron chi connectivity index (χ0n) is 23.7. The Balaban J connectivity index is 1.52. The maximum Gasteiger partial charge on any atom is 0.573 e. The van der Waals surface area contributed by atoms with Gasteiger partial charge in [0.25, 0.3) is 0 Å². The van der Waals surface area contributed by atoms with E-state index in [-0.39, 0.29) is 12.3 Å². The monoisotopic (exact) mass is 568 g/mol. The third-order valence-corrected chi connectivity index (χ3v) is 7.21. The summed E-state index contributed by atoms with van der Waals surface area (Å²) in [6.45, 7) is 3.13. The van der Waals surface area contributed by atoms with E-state index in [4.69, 9.17) is 16.2 Å². The van der Waals surface area contributed by atoms with Crippen LogP contribution in [0.3, 0.4) is 0 Å². The van der Waals surface area contributed by atoms with Crippen LogP contribution in [-0.4, -0.2) is 43.1 Å². The second kappa shape index (κ2) is 13.9. The number of methoxy groups -OCH3 is 1. The number of unbranched alkanes of at least 4 members (excludes halogenated alkanes) is 1. The van der Waals surface area contributed by atoms with Crippen LogP contribution in [0.4, 0.5) is 13.2 Å². The molecule has 0 amide bonds. The first kappa shape index (κ1) is 30.4. The molecule has 0 atom stereocenters.